The van der Waals surface area contributed by atoms with Crippen molar-refractivity contribution in [2.75, 3.05) is 37.1 Å². The van der Waals surface area contributed by atoms with Gasteiger partial charge in [-0.15, -0.1) is 0 Å². The summed E-state index contributed by atoms with van der Waals surface area (Å²) < 4.78 is 40.1. The zero-order valence-electron chi connectivity index (χ0n) is 16.8. The summed E-state index contributed by atoms with van der Waals surface area (Å²) in [5.74, 6) is -1.90. The lowest BCUT2D eigenvalue weighted by atomic mass is 10.0. The van der Waals surface area contributed by atoms with Gasteiger partial charge < -0.3 is 10.0 Å². The Hall–Kier alpha value is -2.67. The van der Waals surface area contributed by atoms with Crippen molar-refractivity contribution < 1.29 is 33.1 Å². The van der Waals surface area contributed by atoms with Crippen LogP contribution in [0.4, 0.5) is 24.8 Å². The molecule has 170 valence electrons. The topological polar surface area (TPSA) is 131 Å². The highest BCUT2D eigenvalue weighted by atomic mass is 19.4. The number of carbonyl (C=O) groups excluding carboxylic acids is 2. The Bertz CT molecular complexity index is 692. The molecule has 1 aromatic heterocycles. The number of hydrogen-bond acceptors (Lipinski definition) is 8. The minimum Gasteiger partial charge on any atom is -0.395 e. The number of aromatic nitrogens is 2. The minimum atomic E-state index is -4.79. The van der Waals surface area contributed by atoms with Crippen molar-refractivity contribution in [3.05, 3.63) is 11.9 Å². The molecule has 1 heterocycles. The lowest BCUT2D eigenvalue weighted by molar-refractivity contribution is -0.154. The molecule has 1 rings (SSSR count). The molecule has 0 spiro atoms. The lowest BCUT2D eigenvalue weighted by Crippen LogP contribution is -2.40. The molecule has 0 aliphatic carbocycles. The van der Waals surface area contributed by atoms with Gasteiger partial charge in [0, 0.05) is 13.6 Å². The summed E-state index contributed by atoms with van der Waals surface area (Å²) in [6, 6.07) is 0. The van der Waals surface area contributed by atoms with Gasteiger partial charge >= 0.3 is 6.18 Å². The second-order valence-corrected chi connectivity index (χ2v) is 6.60. The van der Waals surface area contributed by atoms with Crippen LogP contribution in [0, 0.1) is 5.92 Å². The molecule has 1 aromatic rings. The molecular weight excluding hydrogens is 409 g/mol. The summed E-state index contributed by atoms with van der Waals surface area (Å²) >= 11 is 0. The summed E-state index contributed by atoms with van der Waals surface area (Å²) in [5.41, 5.74) is 2.90. The molecule has 0 bridgehead atoms. The van der Waals surface area contributed by atoms with Gasteiger partial charge in [0.2, 0.25) is 18.3 Å². The first kappa shape index (κ1) is 25.4. The smallest absolute Gasteiger partial charge is 0.395 e. The molecule has 0 aliphatic heterocycles. The summed E-state index contributed by atoms with van der Waals surface area (Å²) in [6.45, 7) is 1.30. The number of anilines is 2. The molecule has 0 radical (unpaired) electrons. The maximum atomic E-state index is 13.4. The number of unbranched alkanes of at least 4 members (excludes halogenated alkanes) is 2. The van der Waals surface area contributed by atoms with Gasteiger partial charge in [0.05, 0.1) is 31.0 Å². The maximum absolute atomic E-state index is 13.4. The summed E-state index contributed by atoms with van der Waals surface area (Å²) in [7, 11) is 1.35. The van der Waals surface area contributed by atoms with E-state index >= 15 is 0 Å². The van der Waals surface area contributed by atoms with Crippen molar-refractivity contribution in [1.29, 1.82) is 0 Å². The molecule has 0 aliphatic rings. The number of hydrazine groups is 1. The van der Waals surface area contributed by atoms with Crippen LogP contribution in [0.25, 0.3) is 0 Å². The number of hydroxylamine groups is 2. The first-order chi connectivity index (χ1) is 14.1. The number of amides is 2. The Morgan fingerprint density at radius 1 is 1.37 bits per heavy atom. The Morgan fingerprint density at radius 2 is 2.07 bits per heavy atom. The van der Waals surface area contributed by atoms with E-state index < -0.39 is 29.6 Å². The fraction of sp³-hybridized carbons (Fsp3) is 0.647. The number of carbonyl (C=O) groups is 2. The number of halogens is 3. The molecule has 0 aromatic carbocycles. The van der Waals surface area contributed by atoms with Crippen molar-refractivity contribution >= 4 is 24.0 Å². The van der Waals surface area contributed by atoms with Crippen molar-refractivity contribution in [3.63, 3.8) is 0 Å². The van der Waals surface area contributed by atoms with Crippen LogP contribution in [-0.4, -0.2) is 64.4 Å². The monoisotopic (exact) mass is 436 g/mol. The first-order valence-corrected chi connectivity index (χ1v) is 9.36. The molecule has 30 heavy (non-hydrogen) atoms. The highest BCUT2D eigenvalue weighted by molar-refractivity contribution is 5.80. The Kier molecular flexibility index (Phi) is 10.3. The second kappa shape index (κ2) is 12.1. The van der Waals surface area contributed by atoms with Gasteiger partial charge in [-0.05, 0) is 6.42 Å². The number of nitrogens with one attached hydrogen (secondary N) is 2. The Morgan fingerprint density at radius 3 is 2.63 bits per heavy atom. The quantitative estimate of drug-likeness (QED) is 0.158. The van der Waals surface area contributed by atoms with Crippen LogP contribution in [0.5, 0.6) is 0 Å². The third-order valence-corrected chi connectivity index (χ3v) is 4.24. The van der Waals surface area contributed by atoms with Gasteiger partial charge in [0.15, 0.2) is 5.69 Å². The van der Waals surface area contributed by atoms with E-state index in [0.717, 1.165) is 23.9 Å². The van der Waals surface area contributed by atoms with Crippen LogP contribution in [0.2, 0.25) is 0 Å². The number of alkyl halides is 3. The molecule has 0 fully saturated rings. The molecular formula is C17H27F3N6O4. The largest absolute Gasteiger partial charge is 0.435 e. The average molecular weight is 436 g/mol. The molecule has 13 heteroatoms. The summed E-state index contributed by atoms with van der Waals surface area (Å²) in [6.07, 6.45) is -0.923. The van der Waals surface area contributed by atoms with Gasteiger partial charge in [-0.3, -0.25) is 25.6 Å². The molecule has 10 nitrogen and oxygen atoms in total. The fourth-order valence-electron chi connectivity index (χ4n) is 2.63. The van der Waals surface area contributed by atoms with E-state index in [1.54, 1.807) is 0 Å². The van der Waals surface area contributed by atoms with Gasteiger partial charge in [-0.1, -0.05) is 26.2 Å². The number of nitrogens with zero attached hydrogens (tertiary/aromatic N) is 4. The second-order valence-electron chi connectivity index (χ2n) is 6.60. The van der Waals surface area contributed by atoms with Crippen molar-refractivity contribution in [1.82, 2.24) is 20.5 Å². The normalized spacial score (nSPS) is 12.2. The number of hydrogen-bond donors (Lipinski definition) is 4. The third kappa shape index (κ3) is 7.99. The number of aliphatic hydroxyl groups excluding tert-OH is 1. The average Bonchev–Trinajstić information content (AvgIpc) is 2.70. The number of aliphatic hydroxyl groups is 1. The van der Waals surface area contributed by atoms with Gasteiger partial charge in [0.1, 0.15) is 0 Å². The van der Waals surface area contributed by atoms with E-state index in [0.29, 0.717) is 17.9 Å². The van der Waals surface area contributed by atoms with Crippen molar-refractivity contribution in [3.8, 4) is 0 Å². The van der Waals surface area contributed by atoms with Gasteiger partial charge in [-0.2, -0.15) is 13.2 Å². The fourth-order valence-corrected chi connectivity index (χ4v) is 2.63. The van der Waals surface area contributed by atoms with Crippen LogP contribution in [0.1, 0.15) is 38.3 Å². The molecule has 1 atom stereocenters. The third-order valence-electron chi connectivity index (χ3n) is 4.24. The minimum absolute atomic E-state index is 0.0518. The van der Waals surface area contributed by atoms with E-state index in [1.807, 2.05) is 6.92 Å². The van der Waals surface area contributed by atoms with Crippen LogP contribution in [0.15, 0.2) is 6.20 Å². The van der Waals surface area contributed by atoms with Crippen LogP contribution >= 0.6 is 0 Å². The van der Waals surface area contributed by atoms with Crippen LogP contribution in [-0.2, 0) is 15.8 Å². The standard InChI is InChI=1S/C17H27F3N6O4/c1-3-4-5-6-12(10-26(30)11-28)15(29)23-24-16-21-9-13(25(2)7-8-27)14(22-16)17(18,19)20/h9,11-12,27,30H,3-8,10H2,1-2H3,(H,23,29)(H,21,22,24). The molecule has 2 amide bonds. The van der Waals surface area contributed by atoms with E-state index in [9.17, 15) is 28.0 Å². The van der Waals surface area contributed by atoms with Crippen LogP contribution < -0.4 is 15.8 Å². The number of likely N-dealkylation sites (N-methyl/N-ethyl adjacent to an activating group) is 1. The number of rotatable bonds is 13. The van der Waals surface area contributed by atoms with Crippen molar-refractivity contribution in [2.24, 2.45) is 5.92 Å². The predicted molar refractivity (Wildman–Crippen MR) is 101 cm³/mol. The van der Waals surface area contributed by atoms with Crippen molar-refractivity contribution in [2.45, 2.75) is 38.8 Å². The lowest BCUT2D eigenvalue weighted by Gasteiger charge is -2.22. The van der Waals surface area contributed by atoms with Crippen LogP contribution in [0.3, 0.4) is 0 Å². The molecule has 1 unspecified atom stereocenters. The zero-order chi connectivity index (χ0) is 22.7. The predicted octanol–water partition coefficient (Wildman–Crippen LogP) is 1.41. The maximum Gasteiger partial charge on any atom is 0.435 e. The summed E-state index contributed by atoms with van der Waals surface area (Å²) in [5, 5.41) is 18.6. The highest BCUT2D eigenvalue weighted by Crippen LogP contribution is 2.34. The molecule has 4 N–H and O–H groups in total. The Labute approximate surface area is 172 Å². The highest BCUT2D eigenvalue weighted by Gasteiger charge is 2.37. The molecule has 0 saturated heterocycles. The zero-order valence-corrected chi connectivity index (χ0v) is 16.8. The van der Waals surface area contributed by atoms with E-state index in [2.05, 4.69) is 20.8 Å². The SMILES string of the molecule is CCCCCC(CN(O)C=O)C(=O)NNc1ncc(N(C)CCO)c(C(F)(F)F)n1. The van der Waals surface area contributed by atoms with E-state index in [4.69, 9.17) is 5.11 Å². The van der Waals surface area contributed by atoms with Gasteiger partial charge in [0.25, 0.3) is 0 Å². The first-order valence-electron chi connectivity index (χ1n) is 9.36. The van der Waals surface area contributed by atoms with Gasteiger partial charge in [-0.25, -0.2) is 15.0 Å². The Balaban J connectivity index is 2.91. The van der Waals surface area contributed by atoms with E-state index in [-0.39, 0.29) is 31.8 Å². The molecule has 0 saturated carbocycles. The summed E-state index contributed by atoms with van der Waals surface area (Å²) in [4.78, 5) is 31.3. The van der Waals surface area contributed by atoms with E-state index in [1.165, 1.54) is 7.05 Å².